The lowest BCUT2D eigenvalue weighted by Gasteiger charge is -2.12. The van der Waals surface area contributed by atoms with Crippen molar-refractivity contribution in [3.8, 4) is 0 Å². The fraction of sp³-hybridized carbons (Fsp3) is 0.909. The van der Waals surface area contributed by atoms with Gasteiger partial charge in [0.15, 0.2) is 0 Å². The van der Waals surface area contributed by atoms with Gasteiger partial charge in [-0.15, -0.1) is 0 Å². The summed E-state index contributed by atoms with van der Waals surface area (Å²) >= 11 is 0. The van der Waals surface area contributed by atoms with Gasteiger partial charge in [0, 0.05) is 0 Å². The Balaban J connectivity index is 3.45. The lowest BCUT2D eigenvalue weighted by atomic mass is 9.96. The first-order chi connectivity index (χ1) is 6.07. The zero-order valence-electron chi connectivity index (χ0n) is 9.18. The van der Waals surface area contributed by atoms with Crippen LogP contribution in [-0.2, 0) is 4.79 Å². The molecule has 2 unspecified atom stereocenters. The van der Waals surface area contributed by atoms with Crippen LogP contribution >= 0.6 is 0 Å². The highest BCUT2D eigenvalue weighted by molar-refractivity contribution is 5.80. The zero-order valence-corrected chi connectivity index (χ0v) is 9.18. The molecule has 0 aliphatic heterocycles. The lowest BCUT2D eigenvalue weighted by Crippen LogP contribution is -2.28. The first-order valence-corrected chi connectivity index (χ1v) is 5.34. The predicted octanol–water partition coefficient (Wildman–Crippen LogP) is 2.51. The minimum absolute atomic E-state index is 0.114. The molecule has 0 aromatic carbocycles. The summed E-state index contributed by atoms with van der Waals surface area (Å²) in [7, 11) is 0. The Bertz CT molecular complexity index is 145. The van der Waals surface area contributed by atoms with E-state index in [4.69, 9.17) is 5.73 Å². The minimum atomic E-state index is -0.232. The van der Waals surface area contributed by atoms with Crippen LogP contribution < -0.4 is 5.73 Å². The molecule has 2 heteroatoms. The molecule has 0 rings (SSSR count). The molecule has 13 heavy (non-hydrogen) atoms. The summed E-state index contributed by atoms with van der Waals surface area (Å²) < 4.78 is 0. The van der Waals surface area contributed by atoms with Crippen LogP contribution in [-0.4, -0.2) is 11.8 Å². The Kier molecular flexibility index (Phi) is 6.87. The highest BCUT2D eigenvalue weighted by Crippen LogP contribution is 2.14. The highest BCUT2D eigenvalue weighted by atomic mass is 16.1. The van der Waals surface area contributed by atoms with Crippen molar-refractivity contribution in [1.82, 2.24) is 0 Å². The average molecular weight is 185 g/mol. The molecule has 0 saturated carbocycles. The Morgan fingerprint density at radius 1 is 1.31 bits per heavy atom. The van der Waals surface area contributed by atoms with Gasteiger partial charge in [-0.05, 0) is 25.7 Å². The molecule has 0 heterocycles. The van der Waals surface area contributed by atoms with Crippen molar-refractivity contribution in [2.45, 2.75) is 58.9 Å². The van der Waals surface area contributed by atoms with E-state index in [0.717, 1.165) is 12.8 Å². The van der Waals surface area contributed by atoms with Gasteiger partial charge >= 0.3 is 0 Å². The van der Waals surface area contributed by atoms with Gasteiger partial charge < -0.3 is 5.73 Å². The highest BCUT2D eigenvalue weighted by Gasteiger charge is 2.09. The summed E-state index contributed by atoms with van der Waals surface area (Å²) in [5.74, 6) is 0.827. The minimum Gasteiger partial charge on any atom is -0.322 e. The SMILES string of the molecule is CCCCC(C)CCC(N)C(C)=O. The molecular formula is C11H23NO. The zero-order chi connectivity index (χ0) is 10.3. The van der Waals surface area contributed by atoms with Crippen LogP contribution in [0.25, 0.3) is 0 Å². The summed E-state index contributed by atoms with van der Waals surface area (Å²) in [5.41, 5.74) is 5.64. The molecule has 0 amide bonds. The van der Waals surface area contributed by atoms with Gasteiger partial charge in [0.25, 0.3) is 0 Å². The Morgan fingerprint density at radius 2 is 1.92 bits per heavy atom. The van der Waals surface area contributed by atoms with Crippen molar-refractivity contribution in [1.29, 1.82) is 0 Å². The number of carbonyl (C=O) groups is 1. The number of carbonyl (C=O) groups excluding carboxylic acids is 1. The molecule has 78 valence electrons. The maximum Gasteiger partial charge on any atom is 0.146 e. The van der Waals surface area contributed by atoms with E-state index in [0.29, 0.717) is 5.92 Å². The van der Waals surface area contributed by atoms with E-state index in [-0.39, 0.29) is 11.8 Å². The standard InChI is InChI=1S/C11H23NO/c1-4-5-6-9(2)7-8-11(12)10(3)13/h9,11H,4-8,12H2,1-3H3. The molecule has 0 aromatic heterocycles. The van der Waals surface area contributed by atoms with Gasteiger partial charge in [0.05, 0.1) is 6.04 Å². The lowest BCUT2D eigenvalue weighted by molar-refractivity contribution is -0.118. The number of Topliss-reactive ketones (excluding diaryl/α,β-unsaturated/α-hetero) is 1. The first-order valence-electron chi connectivity index (χ1n) is 5.34. The number of nitrogens with two attached hydrogens (primary N) is 1. The molecule has 0 aromatic rings. The van der Waals surface area contributed by atoms with Crippen LogP contribution in [0.1, 0.15) is 52.9 Å². The summed E-state index contributed by atoms with van der Waals surface area (Å²) in [5, 5.41) is 0. The fourth-order valence-electron chi connectivity index (χ4n) is 1.36. The third-order valence-corrected chi connectivity index (χ3v) is 2.54. The summed E-state index contributed by atoms with van der Waals surface area (Å²) in [6, 6.07) is -0.232. The molecule has 2 nitrogen and oxygen atoms in total. The number of ketones is 1. The first kappa shape index (κ1) is 12.6. The van der Waals surface area contributed by atoms with E-state index in [1.165, 1.54) is 19.3 Å². The smallest absolute Gasteiger partial charge is 0.146 e. The number of rotatable bonds is 7. The third kappa shape index (κ3) is 6.76. The van der Waals surface area contributed by atoms with Crippen molar-refractivity contribution in [3.05, 3.63) is 0 Å². The quantitative estimate of drug-likeness (QED) is 0.662. The van der Waals surface area contributed by atoms with Crippen molar-refractivity contribution >= 4 is 5.78 Å². The number of hydrogen-bond donors (Lipinski definition) is 1. The molecule has 0 aliphatic rings. The van der Waals surface area contributed by atoms with Gasteiger partial charge in [0.1, 0.15) is 5.78 Å². The second-order valence-corrected chi connectivity index (χ2v) is 4.04. The normalized spacial score (nSPS) is 15.4. The van der Waals surface area contributed by atoms with Crippen LogP contribution in [0, 0.1) is 5.92 Å². The van der Waals surface area contributed by atoms with Crippen LogP contribution in [0.3, 0.4) is 0 Å². The summed E-state index contributed by atoms with van der Waals surface area (Å²) in [4.78, 5) is 10.8. The second kappa shape index (κ2) is 7.07. The summed E-state index contributed by atoms with van der Waals surface area (Å²) in [6.45, 7) is 6.01. The molecular weight excluding hydrogens is 162 g/mol. The molecule has 2 atom stereocenters. The second-order valence-electron chi connectivity index (χ2n) is 4.04. The van der Waals surface area contributed by atoms with E-state index in [1.54, 1.807) is 6.92 Å². The average Bonchev–Trinajstić information content (AvgIpc) is 2.10. The molecule has 0 aliphatic carbocycles. The van der Waals surface area contributed by atoms with Gasteiger partial charge in [-0.2, -0.15) is 0 Å². The van der Waals surface area contributed by atoms with Crippen LogP contribution in [0.2, 0.25) is 0 Å². The number of unbranched alkanes of at least 4 members (excludes halogenated alkanes) is 1. The van der Waals surface area contributed by atoms with Crippen molar-refractivity contribution in [2.24, 2.45) is 11.7 Å². The van der Waals surface area contributed by atoms with Crippen LogP contribution in [0.15, 0.2) is 0 Å². The molecule has 0 fully saturated rings. The Morgan fingerprint density at radius 3 is 2.38 bits per heavy atom. The fourth-order valence-corrected chi connectivity index (χ4v) is 1.36. The van der Waals surface area contributed by atoms with Crippen molar-refractivity contribution in [2.75, 3.05) is 0 Å². The maximum atomic E-state index is 10.8. The van der Waals surface area contributed by atoms with Gasteiger partial charge in [0.2, 0.25) is 0 Å². The largest absolute Gasteiger partial charge is 0.322 e. The summed E-state index contributed by atoms with van der Waals surface area (Å²) in [6.07, 6.45) is 5.74. The predicted molar refractivity (Wildman–Crippen MR) is 56.6 cm³/mol. The van der Waals surface area contributed by atoms with Gasteiger partial charge in [-0.25, -0.2) is 0 Å². The van der Waals surface area contributed by atoms with Crippen molar-refractivity contribution in [3.63, 3.8) is 0 Å². The van der Waals surface area contributed by atoms with Crippen LogP contribution in [0.5, 0.6) is 0 Å². The van der Waals surface area contributed by atoms with E-state index in [1.807, 2.05) is 0 Å². The van der Waals surface area contributed by atoms with E-state index in [9.17, 15) is 4.79 Å². The Hall–Kier alpha value is -0.370. The van der Waals surface area contributed by atoms with Crippen LogP contribution in [0.4, 0.5) is 0 Å². The molecule has 0 radical (unpaired) electrons. The van der Waals surface area contributed by atoms with Gasteiger partial charge in [-0.3, -0.25) is 4.79 Å². The maximum absolute atomic E-state index is 10.8. The van der Waals surface area contributed by atoms with E-state index in [2.05, 4.69) is 13.8 Å². The number of hydrogen-bond acceptors (Lipinski definition) is 2. The topological polar surface area (TPSA) is 43.1 Å². The van der Waals surface area contributed by atoms with Crippen molar-refractivity contribution < 1.29 is 4.79 Å². The monoisotopic (exact) mass is 185 g/mol. The van der Waals surface area contributed by atoms with E-state index >= 15 is 0 Å². The third-order valence-electron chi connectivity index (χ3n) is 2.54. The van der Waals surface area contributed by atoms with E-state index < -0.39 is 0 Å². The van der Waals surface area contributed by atoms with Gasteiger partial charge in [-0.1, -0.05) is 33.1 Å². The Labute approximate surface area is 81.9 Å². The molecule has 0 spiro atoms. The molecule has 0 saturated heterocycles. The molecule has 0 bridgehead atoms. The molecule has 2 N–H and O–H groups in total.